The molecule has 0 spiro atoms. The Morgan fingerprint density at radius 1 is 1.47 bits per heavy atom. The zero-order chi connectivity index (χ0) is 13.2. The topological polar surface area (TPSA) is 40.5 Å². The summed E-state index contributed by atoms with van der Waals surface area (Å²) in [4.78, 5) is 9.77. The number of halogens is 4. The van der Waals surface area contributed by atoms with E-state index in [0.29, 0.717) is 18.0 Å². The van der Waals surface area contributed by atoms with Crippen molar-refractivity contribution >= 4 is 41.3 Å². The van der Waals surface area contributed by atoms with Gasteiger partial charge in [0, 0.05) is 31.9 Å². The van der Waals surface area contributed by atoms with Gasteiger partial charge in [0.15, 0.2) is 11.7 Å². The van der Waals surface area contributed by atoms with E-state index in [-0.39, 0.29) is 24.0 Å². The molecule has 0 radical (unpaired) electrons. The van der Waals surface area contributed by atoms with Crippen molar-refractivity contribution in [1.29, 1.82) is 0 Å². The Labute approximate surface area is 130 Å². The SMILES string of the molecule is CN1CCN=C1NCCc1nc(C(F)(F)F)cs1.I. The van der Waals surface area contributed by atoms with Gasteiger partial charge in [-0.2, -0.15) is 13.2 Å². The number of likely N-dealkylation sites (N-methyl/N-ethyl adjacent to an activating group) is 1. The van der Waals surface area contributed by atoms with Crippen LogP contribution in [0.3, 0.4) is 0 Å². The molecule has 2 heterocycles. The number of hydrogen-bond acceptors (Lipinski definition) is 5. The fourth-order valence-corrected chi connectivity index (χ4v) is 2.37. The van der Waals surface area contributed by atoms with Crippen LogP contribution in [0.15, 0.2) is 10.4 Å². The molecule has 0 saturated heterocycles. The molecule has 2 rings (SSSR count). The first-order chi connectivity index (χ1) is 8.47. The normalized spacial score (nSPS) is 15.2. The molecule has 108 valence electrons. The second kappa shape index (κ2) is 6.73. The van der Waals surface area contributed by atoms with Crippen LogP contribution in [0.4, 0.5) is 13.2 Å². The van der Waals surface area contributed by atoms with Crippen LogP contribution in [-0.4, -0.2) is 42.5 Å². The highest BCUT2D eigenvalue weighted by atomic mass is 127. The molecule has 19 heavy (non-hydrogen) atoms. The molecular formula is C10H14F3IN4S. The molecular weight excluding hydrogens is 392 g/mol. The Morgan fingerprint density at radius 3 is 2.74 bits per heavy atom. The van der Waals surface area contributed by atoms with Crippen LogP contribution >= 0.6 is 35.3 Å². The first-order valence-corrected chi connectivity index (χ1v) is 6.36. The van der Waals surface area contributed by atoms with Crippen molar-refractivity contribution < 1.29 is 13.2 Å². The van der Waals surface area contributed by atoms with Gasteiger partial charge in [0.25, 0.3) is 0 Å². The fourth-order valence-electron chi connectivity index (χ4n) is 1.56. The third-order valence-electron chi connectivity index (χ3n) is 2.52. The van der Waals surface area contributed by atoms with E-state index in [1.54, 1.807) is 0 Å². The van der Waals surface area contributed by atoms with Crippen molar-refractivity contribution in [2.75, 3.05) is 26.7 Å². The third-order valence-corrected chi connectivity index (χ3v) is 3.43. The first-order valence-electron chi connectivity index (χ1n) is 5.48. The highest BCUT2D eigenvalue weighted by molar-refractivity contribution is 14.0. The average molecular weight is 406 g/mol. The van der Waals surface area contributed by atoms with Crippen molar-refractivity contribution in [2.45, 2.75) is 12.6 Å². The highest BCUT2D eigenvalue weighted by Crippen LogP contribution is 2.29. The van der Waals surface area contributed by atoms with E-state index in [1.807, 2.05) is 11.9 Å². The fraction of sp³-hybridized carbons (Fsp3) is 0.600. The molecule has 1 aliphatic rings. The van der Waals surface area contributed by atoms with E-state index in [0.717, 1.165) is 35.8 Å². The van der Waals surface area contributed by atoms with Gasteiger partial charge in [-0.3, -0.25) is 4.99 Å². The van der Waals surface area contributed by atoms with Gasteiger partial charge < -0.3 is 10.2 Å². The number of aliphatic imine (C=N–C) groups is 1. The van der Waals surface area contributed by atoms with Gasteiger partial charge in [0.05, 0.1) is 11.6 Å². The quantitative estimate of drug-likeness (QED) is 0.783. The summed E-state index contributed by atoms with van der Waals surface area (Å²) in [5.74, 6) is 0.794. The van der Waals surface area contributed by atoms with Gasteiger partial charge >= 0.3 is 6.18 Å². The molecule has 0 unspecified atom stereocenters. The minimum atomic E-state index is -4.35. The number of nitrogens with one attached hydrogen (secondary N) is 1. The minimum absolute atomic E-state index is 0. The summed E-state index contributed by atoms with van der Waals surface area (Å²) in [5, 5.41) is 4.62. The lowest BCUT2D eigenvalue weighted by atomic mass is 10.4. The first kappa shape index (κ1) is 16.5. The zero-order valence-corrected chi connectivity index (χ0v) is 13.3. The Hall–Kier alpha value is -0.580. The molecule has 1 aliphatic heterocycles. The maximum atomic E-state index is 12.3. The van der Waals surface area contributed by atoms with Crippen molar-refractivity contribution in [1.82, 2.24) is 15.2 Å². The van der Waals surface area contributed by atoms with E-state index in [2.05, 4.69) is 15.3 Å². The van der Waals surface area contributed by atoms with Crippen molar-refractivity contribution in [2.24, 2.45) is 4.99 Å². The summed E-state index contributed by atoms with van der Waals surface area (Å²) < 4.78 is 37.0. The van der Waals surface area contributed by atoms with E-state index in [1.165, 1.54) is 0 Å². The van der Waals surface area contributed by atoms with Crippen molar-refractivity contribution in [3.8, 4) is 0 Å². The predicted octanol–water partition coefficient (Wildman–Crippen LogP) is 2.21. The lowest BCUT2D eigenvalue weighted by Gasteiger charge is -2.14. The number of guanidine groups is 1. The van der Waals surface area contributed by atoms with Crippen molar-refractivity contribution in [3.63, 3.8) is 0 Å². The minimum Gasteiger partial charge on any atom is -0.356 e. The largest absolute Gasteiger partial charge is 0.434 e. The molecule has 0 bridgehead atoms. The summed E-state index contributed by atoms with van der Waals surface area (Å²) in [6.45, 7) is 2.17. The van der Waals surface area contributed by atoms with Crippen LogP contribution in [0.1, 0.15) is 10.7 Å². The van der Waals surface area contributed by atoms with Crippen LogP contribution in [-0.2, 0) is 12.6 Å². The smallest absolute Gasteiger partial charge is 0.356 e. The molecule has 0 atom stereocenters. The zero-order valence-electron chi connectivity index (χ0n) is 10.2. The molecule has 0 aliphatic carbocycles. The predicted molar refractivity (Wildman–Crippen MR) is 79.2 cm³/mol. The third kappa shape index (κ3) is 4.48. The van der Waals surface area contributed by atoms with Gasteiger partial charge in [-0.1, -0.05) is 0 Å². The molecule has 0 amide bonds. The van der Waals surface area contributed by atoms with Gasteiger partial charge in [0.2, 0.25) is 0 Å². The van der Waals surface area contributed by atoms with Crippen LogP contribution in [0, 0.1) is 0 Å². The molecule has 4 nitrogen and oxygen atoms in total. The van der Waals surface area contributed by atoms with Gasteiger partial charge in [0.1, 0.15) is 0 Å². The summed E-state index contributed by atoms with van der Waals surface area (Å²) >= 11 is 1.04. The van der Waals surface area contributed by atoms with Gasteiger partial charge in [-0.25, -0.2) is 4.98 Å². The number of rotatable bonds is 3. The summed E-state index contributed by atoms with van der Waals surface area (Å²) in [5.41, 5.74) is -0.808. The Morgan fingerprint density at radius 2 is 2.21 bits per heavy atom. The summed E-state index contributed by atoms with van der Waals surface area (Å²) in [6.07, 6.45) is -3.88. The molecule has 0 aromatic carbocycles. The van der Waals surface area contributed by atoms with Crippen LogP contribution in [0.2, 0.25) is 0 Å². The molecule has 0 saturated carbocycles. The van der Waals surface area contributed by atoms with E-state index in [4.69, 9.17) is 0 Å². The lowest BCUT2D eigenvalue weighted by Crippen LogP contribution is -2.36. The second-order valence-corrected chi connectivity index (χ2v) is 4.87. The standard InChI is InChI=1S/C10H13F3N4S.HI/c1-17-5-4-15-9(17)14-3-2-8-16-7(6-18-8)10(11,12)13;/h6H,2-5H2,1H3,(H,14,15);1H. The van der Waals surface area contributed by atoms with E-state index in [9.17, 15) is 13.2 Å². The summed E-state index contributed by atoms with van der Waals surface area (Å²) in [6, 6.07) is 0. The van der Waals surface area contributed by atoms with Crippen LogP contribution in [0.5, 0.6) is 0 Å². The number of thiazole rings is 1. The lowest BCUT2D eigenvalue weighted by molar-refractivity contribution is -0.140. The van der Waals surface area contributed by atoms with Crippen LogP contribution in [0.25, 0.3) is 0 Å². The maximum Gasteiger partial charge on any atom is 0.434 e. The number of hydrogen-bond donors (Lipinski definition) is 1. The molecule has 1 N–H and O–H groups in total. The number of nitrogens with zero attached hydrogens (tertiary/aromatic N) is 3. The number of alkyl halides is 3. The molecule has 1 aromatic heterocycles. The second-order valence-electron chi connectivity index (χ2n) is 3.93. The molecule has 1 aromatic rings. The number of aromatic nitrogens is 1. The summed E-state index contributed by atoms with van der Waals surface area (Å²) in [7, 11) is 1.92. The Kier molecular flexibility index (Phi) is 5.83. The molecule has 0 fully saturated rings. The van der Waals surface area contributed by atoms with Crippen LogP contribution < -0.4 is 5.32 Å². The van der Waals surface area contributed by atoms with Gasteiger partial charge in [-0.05, 0) is 0 Å². The maximum absolute atomic E-state index is 12.3. The van der Waals surface area contributed by atoms with Gasteiger partial charge in [-0.15, -0.1) is 35.3 Å². The highest BCUT2D eigenvalue weighted by Gasteiger charge is 2.33. The molecule has 9 heteroatoms. The van der Waals surface area contributed by atoms with E-state index < -0.39 is 11.9 Å². The van der Waals surface area contributed by atoms with E-state index >= 15 is 0 Å². The average Bonchev–Trinajstić information content (AvgIpc) is 2.88. The van der Waals surface area contributed by atoms with Crippen molar-refractivity contribution in [3.05, 3.63) is 16.1 Å². The monoisotopic (exact) mass is 406 g/mol. The Bertz CT molecular complexity index is 446. The Balaban J connectivity index is 0.00000180.